The second-order valence-corrected chi connectivity index (χ2v) is 4.81. The maximum absolute atomic E-state index is 11.8. The average Bonchev–Trinajstić information content (AvgIpc) is 2.54. The summed E-state index contributed by atoms with van der Waals surface area (Å²) in [5, 5.41) is 22.0. The van der Waals surface area contributed by atoms with Crippen molar-refractivity contribution in [1.82, 2.24) is 0 Å². The molecule has 0 radical (unpaired) electrons. The van der Waals surface area contributed by atoms with Crippen molar-refractivity contribution < 1.29 is 14.5 Å². The van der Waals surface area contributed by atoms with Gasteiger partial charge in [-0.25, -0.2) is 0 Å². The van der Waals surface area contributed by atoms with Crippen LogP contribution in [-0.2, 0) is 4.79 Å². The summed E-state index contributed by atoms with van der Waals surface area (Å²) in [5.74, 6) is -0.120. The smallest absolute Gasteiger partial charge is 0.289 e. The fourth-order valence-corrected chi connectivity index (χ4v) is 1.92. The molecule has 0 spiro atoms. The largest absolute Gasteiger partial charge is 0.484 e. The zero-order valence-electron chi connectivity index (χ0n) is 11.7. The van der Waals surface area contributed by atoms with E-state index in [4.69, 9.17) is 21.6 Å². The molecule has 0 aliphatic heterocycles. The van der Waals surface area contributed by atoms with E-state index in [1.165, 1.54) is 18.2 Å². The molecule has 0 saturated carbocycles. The van der Waals surface area contributed by atoms with Crippen LogP contribution in [-0.4, -0.2) is 17.4 Å². The molecule has 2 aromatic carbocycles. The fourth-order valence-electron chi connectivity index (χ4n) is 1.73. The number of halogens is 1. The van der Waals surface area contributed by atoms with Crippen LogP contribution in [0.5, 0.6) is 5.75 Å². The van der Waals surface area contributed by atoms with Gasteiger partial charge in [-0.3, -0.25) is 14.9 Å². The lowest BCUT2D eigenvalue weighted by atomic mass is 10.2. The van der Waals surface area contributed by atoms with Crippen molar-refractivity contribution in [1.29, 1.82) is 5.26 Å². The lowest BCUT2D eigenvalue weighted by Crippen LogP contribution is -2.20. The molecule has 0 aromatic heterocycles. The van der Waals surface area contributed by atoms with Crippen molar-refractivity contribution in [2.24, 2.45) is 0 Å². The topological polar surface area (TPSA) is 105 Å². The summed E-state index contributed by atoms with van der Waals surface area (Å²) >= 11 is 5.69. The second-order valence-electron chi connectivity index (χ2n) is 4.40. The lowest BCUT2D eigenvalue weighted by Gasteiger charge is -2.08. The lowest BCUT2D eigenvalue weighted by molar-refractivity contribution is -0.384. The number of anilines is 1. The van der Waals surface area contributed by atoms with Crippen LogP contribution in [0.2, 0.25) is 5.02 Å². The molecular weight excluding hydrogens is 322 g/mol. The number of benzene rings is 2. The molecule has 0 aliphatic rings. The third-order valence-electron chi connectivity index (χ3n) is 2.76. The number of carbonyl (C=O) groups excluding carboxylic acids is 1. The molecule has 1 N–H and O–H groups in total. The molecule has 116 valence electrons. The van der Waals surface area contributed by atoms with E-state index >= 15 is 0 Å². The number of rotatable bonds is 5. The molecule has 23 heavy (non-hydrogen) atoms. The van der Waals surface area contributed by atoms with Crippen molar-refractivity contribution in [2.75, 3.05) is 11.9 Å². The number of nitriles is 1. The van der Waals surface area contributed by atoms with Gasteiger partial charge in [0.2, 0.25) is 0 Å². The van der Waals surface area contributed by atoms with E-state index in [2.05, 4.69) is 5.32 Å². The maximum Gasteiger partial charge on any atom is 0.289 e. The van der Waals surface area contributed by atoms with Crippen LogP contribution in [0.3, 0.4) is 0 Å². The van der Waals surface area contributed by atoms with E-state index in [-0.39, 0.29) is 23.0 Å². The molecule has 0 unspecified atom stereocenters. The Hall–Kier alpha value is -3.11. The SMILES string of the molecule is N#Cc1cccc(OCC(=O)Nc2ccc(Cl)c([N+](=O)[O-])c2)c1. The molecule has 2 aromatic rings. The van der Waals surface area contributed by atoms with Crippen molar-refractivity contribution >= 4 is 28.9 Å². The summed E-state index contributed by atoms with van der Waals surface area (Å²) in [4.78, 5) is 22.0. The maximum atomic E-state index is 11.8. The van der Waals surface area contributed by atoms with Gasteiger partial charge in [0.05, 0.1) is 16.6 Å². The van der Waals surface area contributed by atoms with Crippen LogP contribution >= 0.6 is 11.6 Å². The Morgan fingerprint density at radius 3 is 2.83 bits per heavy atom. The minimum Gasteiger partial charge on any atom is -0.484 e. The molecule has 8 heteroatoms. The van der Waals surface area contributed by atoms with Gasteiger partial charge in [0.1, 0.15) is 10.8 Å². The highest BCUT2D eigenvalue weighted by molar-refractivity contribution is 6.32. The first-order valence-corrected chi connectivity index (χ1v) is 6.74. The average molecular weight is 332 g/mol. The number of nitro groups is 1. The summed E-state index contributed by atoms with van der Waals surface area (Å²) in [6.45, 7) is -0.300. The number of carbonyl (C=O) groups is 1. The quantitative estimate of drug-likeness (QED) is 0.669. The van der Waals surface area contributed by atoms with Crippen LogP contribution in [0.4, 0.5) is 11.4 Å². The first kappa shape index (κ1) is 16.3. The van der Waals surface area contributed by atoms with E-state index in [1.807, 2.05) is 6.07 Å². The van der Waals surface area contributed by atoms with Crippen LogP contribution in [0, 0.1) is 21.4 Å². The van der Waals surface area contributed by atoms with Crippen LogP contribution in [0.15, 0.2) is 42.5 Å². The second kappa shape index (κ2) is 7.24. The number of amides is 1. The molecule has 0 atom stereocenters. The van der Waals surface area contributed by atoms with Gasteiger partial charge in [0.25, 0.3) is 11.6 Å². The predicted octanol–water partition coefficient (Wildman–Crippen LogP) is 3.14. The van der Waals surface area contributed by atoms with E-state index in [1.54, 1.807) is 18.2 Å². The molecule has 0 saturated heterocycles. The minimum absolute atomic E-state index is 0.0161. The van der Waals surface area contributed by atoms with Gasteiger partial charge < -0.3 is 10.1 Å². The third-order valence-corrected chi connectivity index (χ3v) is 3.08. The zero-order valence-corrected chi connectivity index (χ0v) is 12.4. The predicted molar refractivity (Wildman–Crippen MR) is 83.4 cm³/mol. The highest BCUT2D eigenvalue weighted by Gasteiger charge is 2.14. The first-order valence-electron chi connectivity index (χ1n) is 6.36. The van der Waals surface area contributed by atoms with E-state index in [0.717, 1.165) is 6.07 Å². The monoisotopic (exact) mass is 331 g/mol. The van der Waals surface area contributed by atoms with Crippen LogP contribution in [0.25, 0.3) is 0 Å². The highest BCUT2D eigenvalue weighted by atomic mass is 35.5. The number of ether oxygens (including phenoxy) is 1. The van der Waals surface area contributed by atoms with Gasteiger partial charge in [0.15, 0.2) is 6.61 Å². The van der Waals surface area contributed by atoms with Gasteiger partial charge in [-0.05, 0) is 30.3 Å². The molecule has 0 heterocycles. The normalized spacial score (nSPS) is 9.74. The Kier molecular flexibility index (Phi) is 5.12. The van der Waals surface area contributed by atoms with Crippen LogP contribution < -0.4 is 10.1 Å². The Morgan fingerprint density at radius 1 is 1.35 bits per heavy atom. The Bertz CT molecular complexity index is 802. The number of hydrogen-bond acceptors (Lipinski definition) is 5. The molecular formula is C15H10ClN3O4. The molecule has 7 nitrogen and oxygen atoms in total. The van der Waals surface area contributed by atoms with Gasteiger partial charge >= 0.3 is 0 Å². The van der Waals surface area contributed by atoms with Gasteiger partial charge in [-0.2, -0.15) is 5.26 Å². The highest BCUT2D eigenvalue weighted by Crippen LogP contribution is 2.27. The van der Waals surface area contributed by atoms with Gasteiger partial charge in [-0.1, -0.05) is 17.7 Å². The molecule has 0 bridgehead atoms. The number of nitro benzene ring substituents is 1. The Labute approximate surface area is 136 Å². The summed E-state index contributed by atoms with van der Waals surface area (Å²) in [6, 6.07) is 12.3. The molecule has 0 aliphatic carbocycles. The molecule has 0 fully saturated rings. The van der Waals surface area contributed by atoms with Gasteiger partial charge in [0, 0.05) is 11.8 Å². The summed E-state index contributed by atoms with van der Waals surface area (Å²) in [7, 11) is 0. The zero-order chi connectivity index (χ0) is 16.8. The number of hydrogen-bond donors (Lipinski definition) is 1. The van der Waals surface area contributed by atoms with Crippen molar-refractivity contribution in [3.63, 3.8) is 0 Å². The minimum atomic E-state index is -0.637. The summed E-state index contributed by atoms with van der Waals surface area (Å²) in [6.07, 6.45) is 0. The van der Waals surface area contributed by atoms with Crippen molar-refractivity contribution in [3.05, 3.63) is 63.2 Å². The number of nitrogens with zero attached hydrogens (tertiary/aromatic N) is 2. The molecule has 2 rings (SSSR count). The summed E-state index contributed by atoms with van der Waals surface area (Å²) < 4.78 is 5.26. The third kappa shape index (κ3) is 4.43. The van der Waals surface area contributed by atoms with Crippen molar-refractivity contribution in [2.45, 2.75) is 0 Å². The van der Waals surface area contributed by atoms with E-state index < -0.39 is 10.8 Å². The standard InChI is InChI=1S/C15H10ClN3O4/c16-13-5-4-11(7-14(13)19(21)22)18-15(20)9-23-12-3-1-2-10(6-12)8-17/h1-7H,9H2,(H,18,20). The Morgan fingerprint density at radius 2 is 2.13 bits per heavy atom. The Balaban J connectivity index is 1.98. The van der Waals surface area contributed by atoms with Gasteiger partial charge in [-0.15, -0.1) is 0 Å². The van der Waals surface area contributed by atoms with E-state index in [0.29, 0.717) is 11.3 Å². The number of nitrogens with one attached hydrogen (secondary N) is 1. The fraction of sp³-hybridized carbons (Fsp3) is 0.0667. The summed E-state index contributed by atoms with van der Waals surface area (Å²) in [5.41, 5.74) is 0.351. The first-order chi connectivity index (χ1) is 11.0. The van der Waals surface area contributed by atoms with Crippen LogP contribution in [0.1, 0.15) is 5.56 Å². The molecule has 1 amide bonds. The van der Waals surface area contributed by atoms with E-state index in [9.17, 15) is 14.9 Å². The van der Waals surface area contributed by atoms with Crippen molar-refractivity contribution in [3.8, 4) is 11.8 Å².